The summed E-state index contributed by atoms with van der Waals surface area (Å²) in [5.74, 6) is 0.839. The van der Waals surface area contributed by atoms with E-state index in [-0.39, 0.29) is 0 Å². The lowest BCUT2D eigenvalue weighted by Crippen LogP contribution is -2.28. The van der Waals surface area contributed by atoms with Crippen molar-refractivity contribution in [3.05, 3.63) is 0 Å². The van der Waals surface area contributed by atoms with E-state index >= 15 is 0 Å². The highest BCUT2D eigenvalue weighted by Gasteiger charge is 2.18. The topological polar surface area (TPSA) is 3.24 Å². The quantitative estimate of drug-likeness (QED) is 0.614. The van der Waals surface area contributed by atoms with Crippen LogP contribution in [-0.2, 0) is 0 Å². The van der Waals surface area contributed by atoms with Crippen molar-refractivity contribution in [2.24, 2.45) is 11.3 Å². The average molecular weight is 171 g/mol. The van der Waals surface area contributed by atoms with Crippen LogP contribution >= 0.6 is 0 Å². The monoisotopic (exact) mass is 171 g/mol. The molecule has 1 heteroatoms. The molecular weight excluding hydrogens is 146 g/mol. The maximum Gasteiger partial charge on any atom is 0.00266 e. The molecule has 0 unspecified atom stereocenters. The molecule has 0 radical (unpaired) electrons. The summed E-state index contributed by atoms with van der Waals surface area (Å²) in [7, 11) is 4.30. The Balaban J connectivity index is 3.71. The van der Waals surface area contributed by atoms with E-state index in [9.17, 15) is 0 Å². The number of rotatable bonds is 5. The fraction of sp³-hybridized carbons (Fsp3) is 1.00. The zero-order valence-electron chi connectivity index (χ0n) is 9.65. The summed E-state index contributed by atoms with van der Waals surface area (Å²) in [5, 5.41) is 0. The molecule has 0 bridgehead atoms. The minimum atomic E-state index is 0.480. The molecule has 0 heterocycles. The minimum absolute atomic E-state index is 0.480. The van der Waals surface area contributed by atoms with Crippen LogP contribution in [0.15, 0.2) is 0 Å². The van der Waals surface area contributed by atoms with Crippen molar-refractivity contribution in [2.45, 2.75) is 40.5 Å². The third kappa shape index (κ3) is 6.66. The van der Waals surface area contributed by atoms with Crippen molar-refractivity contribution in [2.75, 3.05) is 20.6 Å². The van der Waals surface area contributed by atoms with Gasteiger partial charge in [-0.1, -0.05) is 34.1 Å². The molecule has 0 aromatic heterocycles. The normalized spacial score (nSPS) is 13.0. The van der Waals surface area contributed by atoms with Gasteiger partial charge in [0.15, 0.2) is 0 Å². The molecule has 74 valence electrons. The predicted molar refractivity (Wildman–Crippen MR) is 56.4 cm³/mol. The highest BCUT2D eigenvalue weighted by Crippen LogP contribution is 2.24. The van der Waals surface area contributed by atoms with Gasteiger partial charge < -0.3 is 4.90 Å². The van der Waals surface area contributed by atoms with Crippen molar-refractivity contribution >= 4 is 0 Å². The minimum Gasteiger partial charge on any atom is -0.309 e. The van der Waals surface area contributed by atoms with Crippen LogP contribution in [0, 0.1) is 11.3 Å². The van der Waals surface area contributed by atoms with E-state index in [4.69, 9.17) is 0 Å². The zero-order valence-corrected chi connectivity index (χ0v) is 9.65. The van der Waals surface area contributed by atoms with Gasteiger partial charge in [-0.25, -0.2) is 0 Å². The van der Waals surface area contributed by atoms with E-state index < -0.39 is 0 Å². The van der Waals surface area contributed by atoms with Crippen LogP contribution in [0.2, 0.25) is 0 Å². The van der Waals surface area contributed by atoms with Crippen molar-refractivity contribution in [1.82, 2.24) is 4.90 Å². The van der Waals surface area contributed by atoms with Crippen LogP contribution in [0.5, 0.6) is 0 Å². The summed E-state index contributed by atoms with van der Waals surface area (Å²) in [6, 6.07) is 0. The molecule has 0 atom stereocenters. The van der Waals surface area contributed by atoms with Crippen molar-refractivity contribution in [1.29, 1.82) is 0 Å². The molecule has 0 aliphatic rings. The first kappa shape index (κ1) is 12.0. The molecule has 0 saturated carbocycles. The first-order chi connectivity index (χ1) is 5.33. The molecule has 0 aliphatic heterocycles. The summed E-state index contributed by atoms with van der Waals surface area (Å²) in [6.45, 7) is 10.5. The third-order valence-corrected chi connectivity index (χ3v) is 2.14. The van der Waals surface area contributed by atoms with Crippen LogP contribution in [0.3, 0.4) is 0 Å². The molecule has 0 fully saturated rings. The number of hydrogen-bond donors (Lipinski definition) is 0. The van der Waals surface area contributed by atoms with Gasteiger partial charge in [-0.05, 0) is 31.8 Å². The molecule has 0 spiro atoms. The third-order valence-electron chi connectivity index (χ3n) is 2.14. The van der Waals surface area contributed by atoms with Crippen LogP contribution in [0.4, 0.5) is 0 Å². The van der Waals surface area contributed by atoms with Gasteiger partial charge in [-0.3, -0.25) is 0 Å². The van der Waals surface area contributed by atoms with Crippen LogP contribution < -0.4 is 0 Å². The molecule has 0 aromatic rings. The summed E-state index contributed by atoms with van der Waals surface area (Å²) < 4.78 is 0. The Morgan fingerprint density at radius 2 is 1.67 bits per heavy atom. The molecule has 0 N–H and O–H groups in total. The average Bonchev–Trinajstić information content (AvgIpc) is 1.81. The van der Waals surface area contributed by atoms with Crippen LogP contribution in [0.25, 0.3) is 0 Å². The van der Waals surface area contributed by atoms with Crippen LogP contribution in [-0.4, -0.2) is 25.5 Å². The second kappa shape index (κ2) is 4.86. The van der Waals surface area contributed by atoms with Gasteiger partial charge in [0.1, 0.15) is 0 Å². The molecule has 0 saturated heterocycles. The fourth-order valence-electron chi connectivity index (χ4n) is 1.61. The van der Waals surface area contributed by atoms with E-state index in [0.717, 1.165) is 5.92 Å². The van der Waals surface area contributed by atoms with Gasteiger partial charge in [0.25, 0.3) is 0 Å². The number of hydrogen-bond acceptors (Lipinski definition) is 1. The van der Waals surface area contributed by atoms with Crippen LogP contribution in [0.1, 0.15) is 40.5 Å². The van der Waals surface area contributed by atoms with E-state index in [2.05, 4.69) is 46.7 Å². The SMILES string of the molecule is CC(C)CCC(C)(C)CN(C)C. The van der Waals surface area contributed by atoms with E-state index in [1.807, 2.05) is 0 Å². The summed E-state index contributed by atoms with van der Waals surface area (Å²) >= 11 is 0. The van der Waals surface area contributed by atoms with E-state index in [1.165, 1.54) is 19.4 Å². The molecule has 0 amide bonds. The Labute approximate surface area is 78.1 Å². The van der Waals surface area contributed by atoms with Gasteiger partial charge in [0, 0.05) is 6.54 Å². The van der Waals surface area contributed by atoms with Gasteiger partial charge >= 0.3 is 0 Å². The second-order valence-electron chi connectivity index (χ2n) is 5.33. The van der Waals surface area contributed by atoms with E-state index in [1.54, 1.807) is 0 Å². The van der Waals surface area contributed by atoms with Gasteiger partial charge in [-0.2, -0.15) is 0 Å². The predicted octanol–water partition coefficient (Wildman–Crippen LogP) is 3.01. The summed E-state index contributed by atoms with van der Waals surface area (Å²) in [6.07, 6.45) is 2.68. The molecule has 0 aliphatic carbocycles. The standard InChI is InChI=1S/C11H25N/c1-10(2)7-8-11(3,4)9-12(5)6/h10H,7-9H2,1-6H3. The molecule has 1 nitrogen and oxygen atoms in total. The van der Waals surface area contributed by atoms with Gasteiger partial charge in [0.2, 0.25) is 0 Å². The highest BCUT2D eigenvalue weighted by atomic mass is 15.1. The van der Waals surface area contributed by atoms with E-state index in [0.29, 0.717) is 5.41 Å². The Kier molecular flexibility index (Phi) is 4.84. The molecular formula is C11H25N. The highest BCUT2D eigenvalue weighted by molar-refractivity contribution is 4.71. The summed E-state index contributed by atoms with van der Waals surface area (Å²) in [4.78, 5) is 2.28. The molecule has 12 heavy (non-hydrogen) atoms. The number of nitrogens with zero attached hydrogens (tertiary/aromatic N) is 1. The smallest absolute Gasteiger partial charge is 0.00266 e. The summed E-state index contributed by atoms with van der Waals surface area (Å²) in [5.41, 5.74) is 0.480. The lowest BCUT2D eigenvalue weighted by atomic mass is 9.85. The van der Waals surface area contributed by atoms with Crippen molar-refractivity contribution in [3.63, 3.8) is 0 Å². The van der Waals surface area contributed by atoms with Crippen molar-refractivity contribution in [3.8, 4) is 0 Å². The first-order valence-corrected chi connectivity index (χ1v) is 4.98. The maximum absolute atomic E-state index is 2.36. The Morgan fingerprint density at radius 1 is 1.17 bits per heavy atom. The Hall–Kier alpha value is -0.0400. The lowest BCUT2D eigenvalue weighted by molar-refractivity contribution is 0.213. The largest absolute Gasteiger partial charge is 0.309 e. The lowest BCUT2D eigenvalue weighted by Gasteiger charge is -2.28. The van der Waals surface area contributed by atoms with Gasteiger partial charge in [0.05, 0.1) is 0 Å². The molecule has 0 aromatic carbocycles. The van der Waals surface area contributed by atoms with Crippen molar-refractivity contribution < 1.29 is 0 Å². The fourth-order valence-corrected chi connectivity index (χ4v) is 1.61. The Bertz CT molecular complexity index is 114. The second-order valence-corrected chi connectivity index (χ2v) is 5.33. The Morgan fingerprint density at radius 3 is 2.00 bits per heavy atom. The first-order valence-electron chi connectivity index (χ1n) is 4.98. The van der Waals surface area contributed by atoms with Gasteiger partial charge in [-0.15, -0.1) is 0 Å². The zero-order chi connectivity index (χ0) is 9.78. The molecule has 0 rings (SSSR count). The maximum atomic E-state index is 2.36.